The lowest BCUT2D eigenvalue weighted by molar-refractivity contribution is 0.127. The summed E-state index contributed by atoms with van der Waals surface area (Å²) < 4.78 is 5.72. The fourth-order valence-electron chi connectivity index (χ4n) is 3.24. The molecule has 0 aliphatic carbocycles. The zero-order valence-corrected chi connectivity index (χ0v) is 19.2. The molecule has 0 aliphatic rings. The molecule has 0 saturated heterocycles. The quantitative estimate of drug-likeness (QED) is 0.209. The third-order valence-electron chi connectivity index (χ3n) is 5.06. The Hall–Kier alpha value is -1.57. The van der Waals surface area contributed by atoms with Crippen molar-refractivity contribution in [1.82, 2.24) is 5.32 Å². The first-order valence-corrected chi connectivity index (χ1v) is 12.3. The second kappa shape index (κ2) is 16.1. The molecular formula is C25H37NO4S. The van der Waals surface area contributed by atoms with Crippen LogP contribution in [0.15, 0.2) is 53.4 Å². The van der Waals surface area contributed by atoms with Gasteiger partial charge in [-0.25, -0.2) is 0 Å². The van der Waals surface area contributed by atoms with Crippen LogP contribution < -0.4 is 5.32 Å². The summed E-state index contributed by atoms with van der Waals surface area (Å²) in [6.45, 7) is 2.79. The molecule has 4 N–H and O–H groups in total. The van der Waals surface area contributed by atoms with E-state index in [1.807, 2.05) is 17.8 Å². The molecule has 0 saturated carbocycles. The van der Waals surface area contributed by atoms with Gasteiger partial charge in [-0.1, -0.05) is 37.1 Å². The smallest absolute Gasteiger partial charge is 0.121 e. The number of phenolic OH excluding ortho intramolecular Hbond substituents is 1. The van der Waals surface area contributed by atoms with Crippen LogP contribution in [-0.2, 0) is 11.3 Å². The van der Waals surface area contributed by atoms with Crippen molar-refractivity contribution in [3.05, 3.63) is 59.7 Å². The standard InChI is InChI=1S/C25H37NO4S/c27-20-21-12-13-24(28)23(18-21)25(29)19-26-14-6-1-2-7-15-30-16-8-9-17-31-22-10-4-3-5-11-22/h3-5,10-13,18,25-29H,1-2,6-9,14-17,19-20H2. The highest BCUT2D eigenvalue weighted by molar-refractivity contribution is 7.99. The van der Waals surface area contributed by atoms with Crippen molar-refractivity contribution in [2.75, 3.05) is 32.1 Å². The van der Waals surface area contributed by atoms with E-state index < -0.39 is 6.10 Å². The van der Waals surface area contributed by atoms with Crippen LogP contribution in [0.25, 0.3) is 0 Å². The van der Waals surface area contributed by atoms with Crippen molar-refractivity contribution in [2.45, 2.75) is 56.1 Å². The minimum Gasteiger partial charge on any atom is -0.508 e. The summed E-state index contributed by atoms with van der Waals surface area (Å²) in [5.41, 5.74) is 1.13. The van der Waals surface area contributed by atoms with Gasteiger partial charge >= 0.3 is 0 Å². The molecule has 0 fully saturated rings. The molecule has 1 unspecified atom stereocenters. The first kappa shape index (κ1) is 25.7. The van der Waals surface area contributed by atoms with Crippen molar-refractivity contribution in [1.29, 1.82) is 0 Å². The van der Waals surface area contributed by atoms with E-state index in [4.69, 9.17) is 4.74 Å². The Balaban J connectivity index is 1.37. The SMILES string of the molecule is OCc1ccc(O)c(C(O)CNCCCCCCOCCCCSc2ccccc2)c1. The second-order valence-electron chi connectivity index (χ2n) is 7.67. The van der Waals surface area contributed by atoms with Gasteiger partial charge in [-0.05, 0) is 67.8 Å². The number of benzene rings is 2. The van der Waals surface area contributed by atoms with E-state index in [0.717, 1.165) is 57.6 Å². The number of hydrogen-bond donors (Lipinski definition) is 4. The molecule has 0 aliphatic heterocycles. The molecule has 172 valence electrons. The lowest BCUT2D eigenvalue weighted by Gasteiger charge is -2.14. The summed E-state index contributed by atoms with van der Waals surface area (Å²) in [6.07, 6.45) is 5.92. The Kier molecular flexibility index (Phi) is 13.4. The van der Waals surface area contributed by atoms with Crippen molar-refractivity contribution in [3.63, 3.8) is 0 Å². The summed E-state index contributed by atoms with van der Waals surface area (Å²) in [4.78, 5) is 1.33. The van der Waals surface area contributed by atoms with Crippen LogP contribution in [0, 0.1) is 0 Å². The molecule has 1 atom stereocenters. The van der Waals surface area contributed by atoms with E-state index >= 15 is 0 Å². The maximum atomic E-state index is 10.2. The second-order valence-corrected chi connectivity index (χ2v) is 8.83. The van der Waals surface area contributed by atoms with Gasteiger partial charge < -0.3 is 25.4 Å². The minimum absolute atomic E-state index is 0.0569. The molecule has 0 radical (unpaired) electrons. The van der Waals surface area contributed by atoms with Crippen LogP contribution >= 0.6 is 11.8 Å². The van der Waals surface area contributed by atoms with Gasteiger partial charge in [-0.3, -0.25) is 0 Å². The number of thioether (sulfide) groups is 1. The van der Waals surface area contributed by atoms with E-state index in [9.17, 15) is 15.3 Å². The number of unbranched alkanes of at least 4 members (excludes halogenated alkanes) is 4. The van der Waals surface area contributed by atoms with Crippen LogP contribution in [0.4, 0.5) is 0 Å². The molecule has 0 aromatic heterocycles. The third-order valence-corrected chi connectivity index (χ3v) is 6.16. The summed E-state index contributed by atoms with van der Waals surface area (Å²) in [6, 6.07) is 15.3. The topological polar surface area (TPSA) is 82.0 Å². The Morgan fingerprint density at radius 2 is 1.65 bits per heavy atom. The molecule has 2 aromatic carbocycles. The highest BCUT2D eigenvalue weighted by atomic mass is 32.2. The largest absolute Gasteiger partial charge is 0.508 e. The minimum atomic E-state index is -0.786. The summed E-state index contributed by atoms with van der Waals surface area (Å²) in [5.74, 6) is 1.20. The van der Waals surface area contributed by atoms with Gasteiger partial charge in [-0.15, -0.1) is 11.8 Å². The van der Waals surface area contributed by atoms with Gasteiger partial charge in [0.15, 0.2) is 0 Å². The molecular weight excluding hydrogens is 410 g/mol. The highest BCUT2D eigenvalue weighted by Crippen LogP contribution is 2.25. The normalized spacial score (nSPS) is 12.2. The number of aromatic hydroxyl groups is 1. The number of aliphatic hydroxyl groups is 2. The molecule has 2 aromatic rings. The number of ether oxygens (including phenoxy) is 1. The Bertz CT molecular complexity index is 714. The number of hydrogen-bond acceptors (Lipinski definition) is 6. The number of aliphatic hydroxyl groups excluding tert-OH is 2. The van der Waals surface area contributed by atoms with Crippen molar-refractivity contribution in [3.8, 4) is 5.75 Å². The summed E-state index contributed by atoms with van der Waals surface area (Å²) in [7, 11) is 0. The van der Waals surface area contributed by atoms with Crippen molar-refractivity contribution < 1.29 is 20.1 Å². The fourth-order valence-corrected chi connectivity index (χ4v) is 4.17. The highest BCUT2D eigenvalue weighted by Gasteiger charge is 2.12. The van der Waals surface area contributed by atoms with E-state index in [-0.39, 0.29) is 12.4 Å². The third kappa shape index (κ3) is 11.0. The van der Waals surface area contributed by atoms with E-state index in [1.165, 1.54) is 17.4 Å². The van der Waals surface area contributed by atoms with Crippen molar-refractivity contribution >= 4 is 11.8 Å². The Labute approximate surface area is 190 Å². The molecule has 0 spiro atoms. The summed E-state index contributed by atoms with van der Waals surface area (Å²) >= 11 is 1.90. The van der Waals surface area contributed by atoms with Crippen LogP contribution in [0.1, 0.15) is 55.8 Å². The number of rotatable bonds is 17. The molecule has 0 heterocycles. The van der Waals surface area contributed by atoms with E-state index in [1.54, 1.807) is 12.1 Å². The lowest BCUT2D eigenvalue weighted by atomic mass is 10.0. The molecule has 31 heavy (non-hydrogen) atoms. The molecule has 0 amide bonds. The zero-order chi connectivity index (χ0) is 22.2. The maximum Gasteiger partial charge on any atom is 0.121 e. The average Bonchev–Trinajstić information content (AvgIpc) is 2.80. The van der Waals surface area contributed by atoms with Gasteiger partial charge in [0.05, 0.1) is 12.7 Å². The monoisotopic (exact) mass is 447 g/mol. The van der Waals surface area contributed by atoms with Crippen molar-refractivity contribution in [2.24, 2.45) is 0 Å². The predicted octanol–water partition coefficient (Wildman–Crippen LogP) is 4.66. The zero-order valence-electron chi connectivity index (χ0n) is 18.3. The lowest BCUT2D eigenvalue weighted by Crippen LogP contribution is -2.22. The molecule has 6 heteroatoms. The van der Waals surface area contributed by atoms with Crippen LogP contribution in [0.5, 0.6) is 5.75 Å². The Morgan fingerprint density at radius 1 is 0.903 bits per heavy atom. The fraction of sp³-hybridized carbons (Fsp3) is 0.520. The van der Waals surface area contributed by atoms with E-state index in [0.29, 0.717) is 17.7 Å². The molecule has 5 nitrogen and oxygen atoms in total. The van der Waals surface area contributed by atoms with Crippen LogP contribution in [0.2, 0.25) is 0 Å². The van der Waals surface area contributed by atoms with Gasteiger partial charge in [0.1, 0.15) is 5.75 Å². The predicted molar refractivity (Wildman–Crippen MR) is 128 cm³/mol. The Morgan fingerprint density at radius 3 is 2.42 bits per heavy atom. The first-order chi connectivity index (χ1) is 15.2. The van der Waals surface area contributed by atoms with Crippen LogP contribution in [0.3, 0.4) is 0 Å². The summed E-state index contributed by atoms with van der Waals surface area (Å²) in [5, 5.41) is 32.5. The van der Waals surface area contributed by atoms with Gasteiger partial charge in [0, 0.05) is 30.2 Å². The molecule has 0 bridgehead atoms. The van der Waals surface area contributed by atoms with Gasteiger partial charge in [0.2, 0.25) is 0 Å². The van der Waals surface area contributed by atoms with Crippen LogP contribution in [-0.4, -0.2) is 47.4 Å². The number of phenols is 1. The first-order valence-electron chi connectivity index (χ1n) is 11.3. The maximum absolute atomic E-state index is 10.2. The number of nitrogens with one attached hydrogen (secondary N) is 1. The molecule has 2 rings (SSSR count). The van der Waals surface area contributed by atoms with Gasteiger partial charge in [0.25, 0.3) is 0 Å². The average molecular weight is 448 g/mol. The van der Waals surface area contributed by atoms with E-state index in [2.05, 4.69) is 29.6 Å². The van der Waals surface area contributed by atoms with Gasteiger partial charge in [-0.2, -0.15) is 0 Å².